The van der Waals surface area contributed by atoms with E-state index in [1.165, 1.54) is 5.56 Å². The molecule has 6 aromatic rings. The van der Waals surface area contributed by atoms with E-state index in [0.717, 1.165) is 57.3 Å². The Morgan fingerprint density at radius 3 is 2.43 bits per heavy atom. The quantitative estimate of drug-likeness (QED) is 0.190. The summed E-state index contributed by atoms with van der Waals surface area (Å²) in [5.41, 5.74) is 5.52. The predicted molar refractivity (Wildman–Crippen MR) is 167 cm³/mol. The van der Waals surface area contributed by atoms with Gasteiger partial charge in [-0.3, -0.25) is 4.57 Å². The molecule has 0 bridgehead atoms. The summed E-state index contributed by atoms with van der Waals surface area (Å²) in [6, 6.07) is 23.0. The minimum Gasteiger partial charge on any atom is -0.444 e. The Morgan fingerprint density at radius 1 is 0.929 bits per heavy atom. The molecule has 4 aromatic heterocycles. The van der Waals surface area contributed by atoms with Gasteiger partial charge < -0.3 is 14.6 Å². The number of alkyl carbamates (subject to hydrolysis) is 1. The summed E-state index contributed by atoms with van der Waals surface area (Å²) in [5.74, 6) is 0.844. The molecule has 0 unspecified atom stereocenters. The molecular formula is C33H32N6O2S. The van der Waals surface area contributed by atoms with Crippen molar-refractivity contribution in [3.63, 3.8) is 0 Å². The molecule has 1 N–H and O–H groups in total. The molecule has 0 aliphatic heterocycles. The topological polar surface area (TPSA) is 86.9 Å². The first kappa shape index (κ1) is 27.4. The van der Waals surface area contributed by atoms with E-state index in [1.807, 2.05) is 50.8 Å². The number of thiazole rings is 1. The van der Waals surface area contributed by atoms with Crippen LogP contribution in [0.4, 0.5) is 4.79 Å². The van der Waals surface area contributed by atoms with E-state index in [0.29, 0.717) is 6.54 Å². The largest absolute Gasteiger partial charge is 0.444 e. The van der Waals surface area contributed by atoms with Gasteiger partial charge in [-0.05, 0) is 93.8 Å². The van der Waals surface area contributed by atoms with Crippen LogP contribution in [0.3, 0.4) is 0 Å². The van der Waals surface area contributed by atoms with Gasteiger partial charge in [0.25, 0.3) is 0 Å². The van der Waals surface area contributed by atoms with Gasteiger partial charge in [-0.15, -0.1) is 11.3 Å². The number of carbonyl (C=O) groups is 1. The fourth-order valence-corrected chi connectivity index (χ4v) is 5.39. The highest BCUT2D eigenvalue weighted by atomic mass is 32.1. The van der Waals surface area contributed by atoms with Crippen LogP contribution in [0.25, 0.3) is 44.5 Å². The lowest BCUT2D eigenvalue weighted by molar-refractivity contribution is 0.0527. The van der Waals surface area contributed by atoms with Crippen LogP contribution in [0.1, 0.15) is 32.8 Å². The maximum atomic E-state index is 11.9. The smallest absolute Gasteiger partial charge is 0.407 e. The lowest BCUT2D eigenvalue weighted by atomic mass is 10.1. The standard InChI is InChI=1S/C33H32N6O2S/c1-33(2,3)41-32(40)36-18-4-6-23-8-12-27(13-9-23)39-22-28(31-35-19-21-42-31)37-30(39)25-10-14-26(15-11-25)38-20-16-24-7-5-17-34-29(24)38/h5,7-17,19-22H,4,6,18H2,1-3H3,(H,36,40). The number of hydrogen-bond donors (Lipinski definition) is 1. The van der Waals surface area contributed by atoms with Crippen LogP contribution >= 0.6 is 11.3 Å². The van der Waals surface area contributed by atoms with Crippen molar-refractivity contribution in [1.82, 2.24) is 29.4 Å². The van der Waals surface area contributed by atoms with Gasteiger partial charge in [0.15, 0.2) is 0 Å². The molecule has 0 saturated heterocycles. The summed E-state index contributed by atoms with van der Waals surface area (Å²) >= 11 is 1.57. The van der Waals surface area contributed by atoms with Crippen molar-refractivity contribution in [2.45, 2.75) is 39.2 Å². The van der Waals surface area contributed by atoms with Crippen LogP contribution in [0.15, 0.2) is 96.9 Å². The fourth-order valence-electron chi connectivity index (χ4n) is 4.80. The Bertz CT molecular complexity index is 1800. The highest BCUT2D eigenvalue weighted by Gasteiger charge is 2.17. The molecule has 0 fully saturated rings. The first-order chi connectivity index (χ1) is 20.3. The van der Waals surface area contributed by atoms with Gasteiger partial charge in [0.1, 0.15) is 27.8 Å². The Kier molecular flexibility index (Phi) is 7.58. The molecular weight excluding hydrogens is 544 g/mol. The average Bonchev–Trinajstić information content (AvgIpc) is 3.75. The highest BCUT2D eigenvalue weighted by molar-refractivity contribution is 7.13. The van der Waals surface area contributed by atoms with Crippen molar-refractivity contribution in [2.24, 2.45) is 0 Å². The number of imidazole rings is 1. The van der Waals surface area contributed by atoms with Crippen molar-refractivity contribution >= 4 is 28.5 Å². The van der Waals surface area contributed by atoms with E-state index in [9.17, 15) is 4.79 Å². The van der Waals surface area contributed by atoms with Gasteiger partial charge in [0.05, 0.1) is 0 Å². The molecule has 4 heterocycles. The number of nitrogens with one attached hydrogen (secondary N) is 1. The summed E-state index contributed by atoms with van der Waals surface area (Å²) in [6.45, 7) is 6.14. The van der Waals surface area contributed by atoms with E-state index >= 15 is 0 Å². The first-order valence-corrected chi connectivity index (χ1v) is 14.8. The average molecular weight is 577 g/mol. The lowest BCUT2D eigenvalue weighted by Crippen LogP contribution is -2.33. The Hall–Kier alpha value is -4.76. The second-order valence-corrected chi connectivity index (χ2v) is 11.9. The predicted octanol–water partition coefficient (Wildman–Crippen LogP) is 7.46. The van der Waals surface area contributed by atoms with Gasteiger partial charge in [-0.25, -0.2) is 19.7 Å². The minimum absolute atomic E-state index is 0.382. The maximum Gasteiger partial charge on any atom is 0.407 e. The van der Waals surface area contributed by atoms with Crippen molar-refractivity contribution in [3.05, 3.63) is 102 Å². The third-order valence-corrected chi connectivity index (χ3v) is 7.53. The van der Waals surface area contributed by atoms with Gasteiger partial charge >= 0.3 is 6.09 Å². The molecule has 0 atom stereocenters. The molecule has 0 aliphatic carbocycles. The van der Waals surface area contributed by atoms with Crippen LogP contribution in [-0.2, 0) is 11.2 Å². The number of hydrogen-bond acceptors (Lipinski definition) is 6. The van der Waals surface area contributed by atoms with Crippen molar-refractivity contribution in [3.8, 4) is 33.5 Å². The van der Waals surface area contributed by atoms with Crippen LogP contribution < -0.4 is 5.32 Å². The molecule has 0 aliphatic rings. The SMILES string of the molecule is CC(C)(C)OC(=O)NCCCc1ccc(-n2cc(-c3nccs3)nc2-c2ccc(-n3ccc4cccnc43)cc2)cc1. The monoisotopic (exact) mass is 576 g/mol. The number of aryl methyl sites for hydroxylation is 1. The van der Waals surface area contributed by atoms with Crippen molar-refractivity contribution in [2.75, 3.05) is 6.54 Å². The van der Waals surface area contributed by atoms with Gasteiger partial charge in [-0.2, -0.15) is 0 Å². The molecule has 6 rings (SSSR count). The molecule has 2 aromatic carbocycles. The number of carbonyl (C=O) groups excluding carboxylic acids is 1. The van der Waals surface area contributed by atoms with Gasteiger partial charge in [-0.1, -0.05) is 12.1 Å². The lowest BCUT2D eigenvalue weighted by Gasteiger charge is -2.19. The highest BCUT2D eigenvalue weighted by Crippen LogP contribution is 2.30. The Morgan fingerprint density at radius 2 is 1.69 bits per heavy atom. The number of benzene rings is 2. The Balaban J connectivity index is 1.22. The molecule has 0 spiro atoms. The Labute approximate surface area is 248 Å². The second-order valence-electron chi connectivity index (χ2n) is 11.0. The summed E-state index contributed by atoms with van der Waals surface area (Å²) in [5, 5.41) is 6.77. The molecule has 42 heavy (non-hydrogen) atoms. The normalized spacial score (nSPS) is 11.6. The second kappa shape index (κ2) is 11.6. The van der Waals surface area contributed by atoms with Crippen LogP contribution in [-0.4, -0.2) is 42.3 Å². The molecule has 1 amide bonds. The van der Waals surface area contributed by atoms with Gasteiger partial charge in [0, 0.05) is 59.0 Å². The number of ether oxygens (including phenoxy) is 1. The minimum atomic E-state index is -0.498. The zero-order valence-electron chi connectivity index (χ0n) is 23.8. The number of nitrogens with zero attached hydrogens (tertiary/aromatic N) is 5. The summed E-state index contributed by atoms with van der Waals surface area (Å²) in [4.78, 5) is 25.9. The van der Waals surface area contributed by atoms with Crippen LogP contribution in [0, 0.1) is 0 Å². The zero-order valence-corrected chi connectivity index (χ0v) is 24.6. The first-order valence-electron chi connectivity index (χ1n) is 13.9. The molecule has 0 radical (unpaired) electrons. The third kappa shape index (κ3) is 6.11. The van der Waals surface area contributed by atoms with E-state index in [1.54, 1.807) is 17.5 Å². The molecule has 8 nitrogen and oxygen atoms in total. The summed E-state index contributed by atoms with van der Waals surface area (Å²) in [6.07, 6.45) is 9.00. The van der Waals surface area contributed by atoms with E-state index in [2.05, 4.69) is 85.1 Å². The fraction of sp³-hybridized carbons (Fsp3) is 0.212. The number of aromatic nitrogens is 5. The molecule has 0 saturated carbocycles. The van der Waals surface area contributed by atoms with Crippen molar-refractivity contribution in [1.29, 1.82) is 0 Å². The maximum absolute atomic E-state index is 11.9. The van der Waals surface area contributed by atoms with Crippen LogP contribution in [0.5, 0.6) is 0 Å². The zero-order chi connectivity index (χ0) is 29.1. The van der Waals surface area contributed by atoms with Crippen LogP contribution in [0.2, 0.25) is 0 Å². The van der Waals surface area contributed by atoms with Crippen molar-refractivity contribution < 1.29 is 9.53 Å². The molecule has 9 heteroatoms. The number of fused-ring (bicyclic) bond motifs is 1. The third-order valence-electron chi connectivity index (χ3n) is 6.73. The van der Waals surface area contributed by atoms with Gasteiger partial charge in [0.2, 0.25) is 0 Å². The van der Waals surface area contributed by atoms with E-state index < -0.39 is 5.60 Å². The van der Waals surface area contributed by atoms with E-state index in [-0.39, 0.29) is 6.09 Å². The number of pyridine rings is 1. The van der Waals surface area contributed by atoms with E-state index in [4.69, 9.17) is 9.72 Å². The summed E-state index contributed by atoms with van der Waals surface area (Å²) in [7, 11) is 0. The number of rotatable bonds is 8. The summed E-state index contributed by atoms with van der Waals surface area (Å²) < 4.78 is 9.52. The number of amides is 1. The molecule has 212 valence electrons.